The number of nitrogen functional groups attached to an aromatic ring is 1. The molecule has 22 heavy (non-hydrogen) atoms. The molecule has 0 radical (unpaired) electrons. The van der Waals surface area contributed by atoms with Crippen LogP contribution in [0.3, 0.4) is 0 Å². The van der Waals surface area contributed by atoms with Crippen molar-refractivity contribution in [2.24, 2.45) is 0 Å². The lowest BCUT2D eigenvalue weighted by Gasteiger charge is -2.06. The number of benzene rings is 1. The van der Waals surface area contributed by atoms with Crippen LogP contribution in [-0.2, 0) is 11.2 Å². The summed E-state index contributed by atoms with van der Waals surface area (Å²) in [5.74, 6) is 6.51. The minimum absolute atomic E-state index is 0.0908. The van der Waals surface area contributed by atoms with E-state index >= 15 is 0 Å². The number of nitrogens with two attached hydrogens (primary N) is 1. The second-order valence-corrected chi connectivity index (χ2v) is 5.98. The van der Waals surface area contributed by atoms with Gasteiger partial charge < -0.3 is 11.2 Å². The zero-order valence-corrected chi connectivity index (χ0v) is 13.7. The molecule has 0 unspecified atom stereocenters. The Morgan fingerprint density at radius 2 is 2.05 bits per heavy atom. The minimum Gasteiger partial charge on any atom is -0.336 e. The smallest absolute Gasteiger partial charge is 0.234 e. The third-order valence-corrected chi connectivity index (χ3v) is 4.17. The molecule has 1 aromatic carbocycles. The molecule has 1 heterocycles. The van der Waals surface area contributed by atoms with Gasteiger partial charge in [0.1, 0.15) is 5.82 Å². The van der Waals surface area contributed by atoms with Gasteiger partial charge in [-0.3, -0.25) is 4.79 Å². The number of aromatic nitrogens is 3. The van der Waals surface area contributed by atoms with Crippen molar-refractivity contribution < 1.29 is 4.79 Å². The van der Waals surface area contributed by atoms with Crippen LogP contribution in [0, 0.1) is 6.92 Å². The molecule has 7 heteroatoms. The third kappa shape index (κ3) is 4.49. The van der Waals surface area contributed by atoms with Crippen molar-refractivity contribution in [2.45, 2.75) is 38.3 Å². The lowest BCUT2D eigenvalue weighted by Crippen LogP contribution is -2.16. The van der Waals surface area contributed by atoms with Gasteiger partial charge in [-0.25, -0.2) is 4.68 Å². The van der Waals surface area contributed by atoms with Crippen molar-refractivity contribution >= 4 is 23.4 Å². The van der Waals surface area contributed by atoms with Crippen LogP contribution in [0.2, 0.25) is 0 Å². The van der Waals surface area contributed by atoms with Gasteiger partial charge in [0.15, 0.2) is 0 Å². The molecule has 6 nitrogen and oxygen atoms in total. The average molecular weight is 319 g/mol. The highest BCUT2D eigenvalue weighted by Gasteiger charge is 2.09. The van der Waals surface area contributed by atoms with Gasteiger partial charge in [-0.05, 0) is 37.5 Å². The number of nitrogens with zero attached hydrogens (tertiary/aromatic N) is 3. The summed E-state index contributed by atoms with van der Waals surface area (Å²) in [5, 5.41) is 11.1. The first-order valence-corrected chi connectivity index (χ1v) is 8.27. The Morgan fingerprint density at radius 3 is 2.64 bits per heavy atom. The van der Waals surface area contributed by atoms with Crippen LogP contribution in [-0.4, -0.2) is 26.5 Å². The van der Waals surface area contributed by atoms with Crippen LogP contribution in [0.5, 0.6) is 0 Å². The zero-order chi connectivity index (χ0) is 15.9. The van der Waals surface area contributed by atoms with Gasteiger partial charge in [0.05, 0.1) is 5.75 Å². The van der Waals surface area contributed by atoms with Gasteiger partial charge in [-0.2, -0.15) is 0 Å². The fraction of sp³-hybridized carbons (Fsp3) is 0.400. The Balaban J connectivity index is 1.82. The second kappa shape index (κ2) is 7.84. The summed E-state index contributed by atoms with van der Waals surface area (Å²) in [5.41, 5.74) is 2.09. The number of nitrogens with one attached hydrogen (secondary N) is 1. The summed E-state index contributed by atoms with van der Waals surface area (Å²) in [6.45, 7) is 3.94. The summed E-state index contributed by atoms with van der Waals surface area (Å²) in [6, 6.07) is 7.98. The first-order valence-electron chi connectivity index (χ1n) is 7.29. The zero-order valence-electron chi connectivity index (χ0n) is 12.9. The van der Waals surface area contributed by atoms with E-state index in [9.17, 15) is 4.79 Å². The van der Waals surface area contributed by atoms with E-state index in [1.54, 1.807) is 6.92 Å². The van der Waals surface area contributed by atoms with E-state index in [2.05, 4.69) is 34.6 Å². The van der Waals surface area contributed by atoms with E-state index in [4.69, 9.17) is 5.84 Å². The molecule has 0 aliphatic rings. The molecule has 3 N–H and O–H groups in total. The number of amides is 1. The summed E-state index contributed by atoms with van der Waals surface area (Å²) in [7, 11) is 0. The van der Waals surface area contributed by atoms with E-state index in [0.717, 1.165) is 12.1 Å². The fourth-order valence-electron chi connectivity index (χ4n) is 1.91. The number of rotatable bonds is 7. The Kier molecular flexibility index (Phi) is 5.83. The number of hydrogen-bond donors (Lipinski definition) is 2. The molecule has 1 aromatic heterocycles. The van der Waals surface area contributed by atoms with E-state index in [-0.39, 0.29) is 11.7 Å². The van der Waals surface area contributed by atoms with Gasteiger partial charge in [-0.1, -0.05) is 37.2 Å². The van der Waals surface area contributed by atoms with E-state index in [1.807, 2.05) is 12.1 Å². The largest absolute Gasteiger partial charge is 0.336 e. The first kappa shape index (κ1) is 16.4. The maximum atomic E-state index is 11.9. The number of thioether (sulfide) groups is 1. The topological polar surface area (TPSA) is 85.8 Å². The number of unbranched alkanes of at least 4 members (excludes halogenated alkanes) is 1. The van der Waals surface area contributed by atoms with Gasteiger partial charge in [0, 0.05) is 5.69 Å². The quantitative estimate of drug-likeness (QED) is 0.604. The van der Waals surface area contributed by atoms with Crippen LogP contribution >= 0.6 is 11.8 Å². The van der Waals surface area contributed by atoms with Crippen LogP contribution in [0.4, 0.5) is 5.69 Å². The van der Waals surface area contributed by atoms with Gasteiger partial charge in [-0.15, -0.1) is 10.2 Å². The van der Waals surface area contributed by atoms with E-state index < -0.39 is 0 Å². The molecular formula is C15H21N5OS. The molecule has 1 amide bonds. The molecule has 2 rings (SSSR count). The summed E-state index contributed by atoms with van der Waals surface area (Å²) in [4.78, 5) is 11.9. The van der Waals surface area contributed by atoms with Gasteiger partial charge >= 0.3 is 0 Å². The van der Waals surface area contributed by atoms with E-state index in [1.165, 1.54) is 34.8 Å². The minimum atomic E-state index is -0.0908. The molecule has 0 aliphatic carbocycles. The summed E-state index contributed by atoms with van der Waals surface area (Å²) >= 11 is 1.26. The van der Waals surface area contributed by atoms with E-state index in [0.29, 0.717) is 11.0 Å². The molecule has 0 saturated carbocycles. The lowest BCUT2D eigenvalue weighted by atomic mass is 10.1. The molecule has 0 aliphatic heterocycles. The van der Waals surface area contributed by atoms with Crippen molar-refractivity contribution in [3.8, 4) is 0 Å². The average Bonchev–Trinajstić information content (AvgIpc) is 2.84. The Labute approximate surface area is 134 Å². The number of aryl methyl sites for hydroxylation is 2. The SMILES string of the molecule is CCCCc1ccc(NC(=O)CSc2nnc(C)n2N)cc1. The normalized spacial score (nSPS) is 10.6. The van der Waals surface area contributed by atoms with Crippen molar-refractivity contribution in [1.29, 1.82) is 0 Å². The Hall–Kier alpha value is -2.02. The molecule has 118 valence electrons. The molecule has 0 saturated heterocycles. The summed E-state index contributed by atoms with van der Waals surface area (Å²) < 4.78 is 1.38. The standard InChI is InChI=1S/C15H21N5OS/c1-3-4-5-12-6-8-13(9-7-12)17-14(21)10-22-15-19-18-11(2)20(15)16/h6-9H,3-5,10,16H2,1-2H3,(H,17,21). The molecule has 0 spiro atoms. The van der Waals surface area contributed by atoms with Crippen LogP contribution in [0.25, 0.3) is 0 Å². The third-order valence-electron chi connectivity index (χ3n) is 3.22. The van der Waals surface area contributed by atoms with Gasteiger partial charge in [0.25, 0.3) is 0 Å². The molecular weight excluding hydrogens is 298 g/mol. The van der Waals surface area contributed by atoms with Crippen molar-refractivity contribution in [3.63, 3.8) is 0 Å². The van der Waals surface area contributed by atoms with Crippen molar-refractivity contribution in [2.75, 3.05) is 16.9 Å². The lowest BCUT2D eigenvalue weighted by molar-refractivity contribution is -0.113. The highest BCUT2D eigenvalue weighted by atomic mass is 32.2. The maximum absolute atomic E-state index is 11.9. The van der Waals surface area contributed by atoms with Crippen molar-refractivity contribution in [3.05, 3.63) is 35.7 Å². The highest BCUT2D eigenvalue weighted by Crippen LogP contribution is 2.16. The number of carbonyl (C=O) groups is 1. The first-order chi connectivity index (χ1) is 10.6. The predicted molar refractivity (Wildman–Crippen MR) is 89.3 cm³/mol. The number of carbonyl (C=O) groups excluding carboxylic acids is 1. The number of hydrogen-bond acceptors (Lipinski definition) is 5. The van der Waals surface area contributed by atoms with Crippen molar-refractivity contribution in [1.82, 2.24) is 14.9 Å². The molecule has 0 bridgehead atoms. The van der Waals surface area contributed by atoms with Crippen LogP contribution < -0.4 is 11.2 Å². The monoisotopic (exact) mass is 319 g/mol. The second-order valence-electron chi connectivity index (χ2n) is 5.04. The number of anilines is 1. The molecule has 2 aromatic rings. The molecule has 0 atom stereocenters. The summed E-state index contributed by atoms with van der Waals surface area (Å²) in [6.07, 6.45) is 3.44. The Bertz CT molecular complexity index is 623. The molecule has 0 fully saturated rings. The van der Waals surface area contributed by atoms with Crippen LogP contribution in [0.1, 0.15) is 31.2 Å². The van der Waals surface area contributed by atoms with Crippen LogP contribution in [0.15, 0.2) is 29.4 Å². The van der Waals surface area contributed by atoms with Gasteiger partial charge in [0.2, 0.25) is 11.1 Å². The predicted octanol–water partition coefficient (Wildman–Crippen LogP) is 2.37. The highest BCUT2D eigenvalue weighted by molar-refractivity contribution is 7.99. The fourth-order valence-corrected chi connectivity index (χ4v) is 2.61. The maximum Gasteiger partial charge on any atom is 0.234 e. The Morgan fingerprint density at radius 1 is 1.32 bits per heavy atom.